The zero-order valence-corrected chi connectivity index (χ0v) is 15.7. The van der Waals surface area contributed by atoms with Gasteiger partial charge in [0.05, 0.1) is 5.54 Å². The Kier molecular flexibility index (Phi) is 3.69. The molecule has 1 aliphatic carbocycles. The van der Waals surface area contributed by atoms with E-state index in [9.17, 15) is 9.18 Å². The van der Waals surface area contributed by atoms with Gasteiger partial charge in [-0.1, -0.05) is 11.8 Å². The van der Waals surface area contributed by atoms with Gasteiger partial charge in [-0.2, -0.15) is 4.39 Å². The summed E-state index contributed by atoms with van der Waals surface area (Å²) in [6.45, 7) is 3.46. The molecule has 2 fully saturated rings. The molecule has 0 bridgehead atoms. The molecule has 0 spiro atoms. The Morgan fingerprint density at radius 1 is 1.50 bits per heavy atom. The van der Waals surface area contributed by atoms with Gasteiger partial charge in [-0.05, 0) is 48.2 Å². The number of aliphatic imine (C=N–C) groups is 1. The number of nitrogens with zero attached hydrogens (tertiary/aromatic N) is 3. The number of amides is 1. The fourth-order valence-electron chi connectivity index (χ4n) is 4.02. The van der Waals surface area contributed by atoms with Crippen LogP contribution in [0.5, 0.6) is 0 Å². The number of thioether (sulfide) groups is 1. The number of fused-ring (bicyclic) bond motifs is 1. The van der Waals surface area contributed by atoms with Gasteiger partial charge in [0.25, 0.3) is 0 Å². The molecule has 1 saturated carbocycles. The number of carbonyl (C=O) groups excluding carboxylic acids is 1. The minimum atomic E-state index is -0.869. The van der Waals surface area contributed by atoms with Gasteiger partial charge >= 0.3 is 0 Å². The first-order chi connectivity index (χ1) is 11.4. The zero-order valence-electron chi connectivity index (χ0n) is 13.3. The van der Waals surface area contributed by atoms with Crippen molar-refractivity contribution in [2.24, 2.45) is 16.6 Å². The number of halogens is 2. The topological polar surface area (TPSA) is 71.6 Å². The number of pyridine rings is 1. The number of likely N-dealkylation sites (tertiary alicyclic amines) is 1. The average Bonchev–Trinajstić information content (AvgIpc) is 3.04. The van der Waals surface area contributed by atoms with Gasteiger partial charge in [-0.25, -0.2) is 4.98 Å². The Morgan fingerprint density at radius 2 is 2.21 bits per heavy atom. The van der Waals surface area contributed by atoms with Crippen molar-refractivity contribution in [3.05, 3.63) is 28.2 Å². The maximum atomic E-state index is 14.4. The number of carbonyl (C=O) groups is 1. The maximum absolute atomic E-state index is 14.4. The number of nitrogens with two attached hydrogens (primary N) is 1. The van der Waals surface area contributed by atoms with Crippen LogP contribution in [0.1, 0.15) is 31.7 Å². The van der Waals surface area contributed by atoms with Crippen molar-refractivity contribution >= 4 is 38.8 Å². The second-order valence-corrected chi connectivity index (χ2v) is 9.10. The van der Waals surface area contributed by atoms with E-state index in [0.29, 0.717) is 21.6 Å². The van der Waals surface area contributed by atoms with Crippen LogP contribution in [-0.2, 0) is 10.3 Å². The highest BCUT2D eigenvalue weighted by molar-refractivity contribution is 9.10. The van der Waals surface area contributed by atoms with E-state index in [1.807, 2.05) is 11.8 Å². The van der Waals surface area contributed by atoms with Crippen molar-refractivity contribution in [2.75, 3.05) is 13.1 Å². The van der Waals surface area contributed by atoms with Gasteiger partial charge in [0, 0.05) is 35.2 Å². The molecule has 0 aromatic carbocycles. The lowest BCUT2D eigenvalue weighted by Crippen LogP contribution is -2.45. The summed E-state index contributed by atoms with van der Waals surface area (Å²) in [5.41, 5.74) is 5.58. The Morgan fingerprint density at radius 3 is 2.92 bits per heavy atom. The largest absolute Gasteiger partial charge is 0.378 e. The predicted octanol–water partition coefficient (Wildman–Crippen LogP) is 2.64. The minimum Gasteiger partial charge on any atom is -0.378 e. The van der Waals surface area contributed by atoms with Crippen LogP contribution in [-0.4, -0.2) is 38.8 Å². The fourth-order valence-corrected chi connectivity index (χ4v) is 5.80. The molecule has 3 aliphatic rings. The Hall–Kier alpha value is -1.15. The summed E-state index contributed by atoms with van der Waals surface area (Å²) in [4.78, 5) is 23.3. The van der Waals surface area contributed by atoms with Crippen LogP contribution in [0.3, 0.4) is 0 Å². The van der Waals surface area contributed by atoms with Crippen molar-refractivity contribution < 1.29 is 9.18 Å². The van der Waals surface area contributed by atoms with Gasteiger partial charge in [0.2, 0.25) is 11.9 Å². The molecule has 128 valence electrons. The van der Waals surface area contributed by atoms with Crippen molar-refractivity contribution in [3.63, 3.8) is 0 Å². The molecule has 5 nitrogen and oxygen atoms in total. The zero-order chi connectivity index (χ0) is 17.1. The Labute approximate surface area is 152 Å². The highest BCUT2D eigenvalue weighted by atomic mass is 79.9. The first-order valence-corrected chi connectivity index (χ1v) is 9.63. The number of hydrogen-bond acceptors (Lipinski definition) is 5. The molecule has 1 aromatic heterocycles. The lowest BCUT2D eigenvalue weighted by molar-refractivity contribution is -0.130. The van der Waals surface area contributed by atoms with Crippen LogP contribution < -0.4 is 5.73 Å². The molecule has 1 amide bonds. The van der Waals surface area contributed by atoms with Crippen molar-refractivity contribution in [3.8, 4) is 0 Å². The average molecular weight is 413 g/mol. The summed E-state index contributed by atoms with van der Waals surface area (Å²) < 4.78 is 14.5. The first kappa shape index (κ1) is 16.3. The summed E-state index contributed by atoms with van der Waals surface area (Å²) in [6.07, 6.45) is 4.17. The number of aromatic nitrogens is 1. The van der Waals surface area contributed by atoms with Crippen molar-refractivity contribution in [1.29, 1.82) is 0 Å². The summed E-state index contributed by atoms with van der Waals surface area (Å²) >= 11 is 4.69. The van der Waals surface area contributed by atoms with Crippen LogP contribution >= 0.6 is 27.7 Å². The van der Waals surface area contributed by atoms with E-state index in [2.05, 4.69) is 25.9 Å². The number of hydrogen-bond donors (Lipinski definition) is 1. The van der Waals surface area contributed by atoms with E-state index < -0.39 is 16.2 Å². The van der Waals surface area contributed by atoms with E-state index in [-0.39, 0.29) is 11.8 Å². The highest BCUT2D eigenvalue weighted by Gasteiger charge is 2.71. The summed E-state index contributed by atoms with van der Waals surface area (Å²) in [7, 11) is 0. The van der Waals surface area contributed by atoms with E-state index in [4.69, 9.17) is 5.73 Å². The predicted molar refractivity (Wildman–Crippen MR) is 95.1 cm³/mol. The van der Waals surface area contributed by atoms with Gasteiger partial charge in [0.15, 0.2) is 5.17 Å². The van der Waals surface area contributed by atoms with Gasteiger partial charge in [-0.3, -0.25) is 9.79 Å². The molecule has 4 rings (SSSR count). The molecule has 1 saturated heterocycles. The third-order valence-corrected chi connectivity index (χ3v) is 7.05. The third kappa shape index (κ3) is 2.29. The monoisotopic (exact) mass is 412 g/mol. The quantitative estimate of drug-likeness (QED) is 0.757. The van der Waals surface area contributed by atoms with Crippen molar-refractivity contribution in [1.82, 2.24) is 9.88 Å². The second kappa shape index (κ2) is 5.42. The van der Waals surface area contributed by atoms with E-state index in [1.165, 1.54) is 18.0 Å². The van der Waals surface area contributed by atoms with E-state index in [1.54, 1.807) is 6.07 Å². The second-order valence-electron chi connectivity index (χ2n) is 6.84. The molecule has 2 aliphatic heterocycles. The third-order valence-electron chi connectivity index (χ3n) is 5.32. The van der Waals surface area contributed by atoms with E-state index in [0.717, 1.165) is 25.9 Å². The lowest BCUT2D eigenvalue weighted by Gasteiger charge is -2.34. The van der Waals surface area contributed by atoms with Crippen LogP contribution in [0, 0.1) is 11.9 Å². The standard InChI is InChI=1S/C16H18BrFN4OS/c1-15(10-6-9(17)8-20-12(10)18)11-7-16(11,24-14(19)21-15)13(23)22-4-2-3-5-22/h6,8,11H,2-5,7H2,1H3,(H2,19,21)/t11?,15-,16+/m1/s1. The van der Waals surface area contributed by atoms with Crippen LogP contribution in [0.4, 0.5) is 4.39 Å². The fraction of sp³-hybridized carbons (Fsp3) is 0.562. The molecule has 24 heavy (non-hydrogen) atoms. The van der Waals surface area contributed by atoms with Crippen LogP contribution in [0.25, 0.3) is 0 Å². The van der Waals surface area contributed by atoms with Crippen LogP contribution in [0.2, 0.25) is 0 Å². The number of amidine groups is 1. The molecule has 1 aromatic rings. The number of rotatable bonds is 2. The van der Waals surface area contributed by atoms with Gasteiger partial charge < -0.3 is 10.6 Å². The molecule has 3 heterocycles. The molecular formula is C16H18BrFN4OS. The van der Waals surface area contributed by atoms with E-state index >= 15 is 0 Å². The van der Waals surface area contributed by atoms with Crippen molar-refractivity contribution in [2.45, 2.75) is 36.5 Å². The molecule has 1 unspecified atom stereocenters. The lowest BCUT2D eigenvalue weighted by atomic mass is 9.86. The molecule has 2 N–H and O–H groups in total. The molecular weight excluding hydrogens is 395 g/mol. The first-order valence-electron chi connectivity index (χ1n) is 8.02. The maximum Gasteiger partial charge on any atom is 0.239 e. The summed E-state index contributed by atoms with van der Waals surface area (Å²) in [6, 6.07) is 1.69. The summed E-state index contributed by atoms with van der Waals surface area (Å²) in [5, 5.41) is 0.346. The normalized spacial score (nSPS) is 34.7. The molecule has 8 heteroatoms. The SMILES string of the molecule is C[C@]1(c2cc(Br)cnc2F)N=C(N)S[C@@]2(C(=O)N3CCCC3)CC21. The van der Waals surface area contributed by atoms with Gasteiger partial charge in [-0.15, -0.1) is 0 Å². The minimum absolute atomic E-state index is 0.0685. The summed E-state index contributed by atoms with van der Waals surface area (Å²) in [5.74, 6) is -0.498. The molecule has 0 radical (unpaired) electrons. The highest BCUT2D eigenvalue weighted by Crippen LogP contribution is 2.66. The molecule has 3 atom stereocenters. The van der Waals surface area contributed by atoms with Gasteiger partial charge in [0.1, 0.15) is 4.75 Å². The smallest absolute Gasteiger partial charge is 0.239 e. The Balaban J connectivity index is 1.74. The Bertz CT molecular complexity index is 754. The van der Waals surface area contributed by atoms with Crippen LogP contribution in [0.15, 0.2) is 21.7 Å².